The van der Waals surface area contributed by atoms with Gasteiger partial charge in [0.1, 0.15) is 0 Å². The molecule has 0 bridgehead atoms. The van der Waals surface area contributed by atoms with Gasteiger partial charge in [0.2, 0.25) is 0 Å². The van der Waals surface area contributed by atoms with Gasteiger partial charge in [-0.1, -0.05) is 51.3 Å². The Morgan fingerprint density at radius 2 is 2.06 bits per heavy atom. The van der Waals surface area contributed by atoms with Crippen LogP contribution in [-0.4, -0.2) is 12.2 Å². The molecular formula is C14H18FN. The summed E-state index contributed by atoms with van der Waals surface area (Å²) in [6.07, 6.45) is 1.73. The van der Waals surface area contributed by atoms with Gasteiger partial charge in [0.05, 0.1) is 5.70 Å². The lowest BCUT2D eigenvalue weighted by Crippen LogP contribution is -2.05. The summed E-state index contributed by atoms with van der Waals surface area (Å²) >= 11 is 0. The molecule has 1 rings (SSSR count). The molecule has 1 aromatic carbocycles. The Hall–Kier alpha value is -1.57. The summed E-state index contributed by atoms with van der Waals surface area (Å²) in [6.45, 7) is 11.7. The van der Waals surface area contributed by atoms with Crippen LogP contribution in [0.15, 0.2) is 31.4 Å². The monoisotopic (exact) mass is 219 g/mol. The summed E-state index contributed by atoms with van der Waals surface area (Å²) in [4.78, 5) is 0. The summed E-state index contributed by atoms with van der Waals surface area (Å²) in [5, 5.41) is 0.525. The van der Waals surface area contributed by atoms with Crippen LogP contribution in [0.1, 0.15) is 36.5 Å². The lowest BCUT2D eigenvalue weighted by molar-refractivity contribution is 0.145. The summed E-state index contributed by atoms with van der Waals surface area (Å²) in [7, 11) is 1.34. The van der Waals surface area contributed by atoms with Crippen LogP contribution in [-0.2, 0) is 0 Å². The van der Waals surface area contributed by atoms with Crippen molar-refractivity contribution in [2.75, 3.05) is 7.05 Å². The average molecular weight is 219 g/mol. The number of benzene rings is 1. The molecule has 0 N–H and O–H groups in total. The molecule has 0 saturated carbocycles. The molecule has 0 amide bonds. The van der Waals surface area contributed by atoms with Crippen molar-refractivity contribution in [2.24, 2.45) is 0 Å². The van der Waals surface area contributed by atoms with Crippen LogP contribution in [0.25, 0.3) is 11.8 Å². The number of hydrogen-bond donors (Lipinski definition) is 0. The Kier molecular flexibility index (Phi) is 3.88. The fraction of sp³-hybridized carbons (Fsp3) is 0.286. The number of hydrogen-bond acceptors (Lipinski definition) is 1. The van der Waals surface area contributed by atoms with E-state index in [9.17, 15) is 4.48 Å². The highest BCUT2D eigenvalue weighted by Gasteiger charge is 2.09. The van der Waals surface area contributed by atoms with Crippen molar-refractivity contribution in [2.45, 2.75) is 19.8 Å². The molecule has 0 aliphatic carbocycles. The third-order valence-electron chi connectivity index (χ3n) is 2.65. The minimum absolute atomic E-state index is 0.352. The van der Waals surface area contributed by atoms with Gasteiger partial charge in [-0.2, -0.15) is 0 Å². The first-order valence-corrected chi connectivity index (χ1v) is 5.32. The van der Waals surface area contributed by atoms with Crippen molar-refractivity contribution < 1.29 is 4.48 Å². The lowest BCUT2D eigenvalue weighted by Gasteiger charge is -2.15. The fourth-order valence-corrected chi connectivity index (χ4v) is 1.54. The smallest absolute Gasteiger partial charge is 0.0690 e. The van der Waals surface area contributed by atoms with Gasteiger partial charge in [0, 0.05) is 12.6 Å². The molecule has 1 nitrogen and oxygen atoms in total. The molecule has 1 aromatic rings. The van der Waals surface area contributed by atoms with Crippen LogP contribution in [0.5, 0.6) is 0 Å². The van der Waals surface area contributed by atoms with E-state index in [4.69, 9.17) is 0 Å². The molecule has 0 radical (unpaired) electrons. The largest absolute Gasteiger partial charge is 0.215 e. The van der Waals surface area contributed by atoms with Crippen molar-refractivity contribution in [1.29, 1.82) is 0 Å². The van der Waals surface area contributed by atoms with Crippen LogP contribution >= 0.6 is 0 Å². The second-order valence-electron chi connectivity index (χ2n) is 4.13. The van der Waals surface area contributed by atoms with Crippen molar-refractivity contribution in [3.05, 3.63) is 48.0 Å². The van der Waals surface area contributed by atoms with Gasteiger partial charge in [0.25, 0.3) is 0 Å². The van der Waals surface area contributed by atoms with Crippen molar-refractivity contribution in [3.8, 4) is 0 Å². The van der Waals surface area contributed by atoms with E-state index < -0.39 is 0 Å². The van der Waals surface area contributed by atoms with E-state index in [1.165, 1.54) is 12.6 Å². The van der Waals surface area contributed by atoms with Gasteiger partial charge in [-0.05, 0) is 17.0 Å². The highest BCUT2D eigenvalue weighted by Crippen LogP contribution is 2.25. The Labute approximate surface area is 96.8 Å². The summed E-state index contributed by atoms with van der Waals surface area (Å²) in [6, 6.07) is 5.92. The Balaban J connectivity index is 3.22. The van der Waals surface area contributed by atoms with E-state index in [2.05, 4.69) is 27.0 Å². The predicted molar refractivity (Wildman–Crippen MR) is 68.5 cm³/mol. The second kappa shape index (κ2) is 4.97. The van der Waals surface area contributed by atoms with Crippen LogP contribution in [0.3, 0.4) is 0 Å². The van der Waals surface area contributed by atoms with Crippen LogP contribution in [0, 0.1) is 0 Å². The van der Waals surface area contributed by atoms with Crippen LogP contribution in [0.4, 0.5) is 4.48 Å². The van der Waals surface area contributed by atoms with E-state index in [1.807, 2.05) is 18.2 Å². The first kappa shape index (κ1) is 12.5. The first-order valence-electron chi connectivity index (χ1n) is 5.32. The third-order valence-corrected chi connectivity index (χ3v) is 2.65. The Morgan fingerprint density at radius 1 is 1.44 bits per heavy atom. The molecule has 0 fully saturated rings. The van der Waals surface area contributed by atoms with Crippen molar-refractivity contribution >= 4 is 11.8 Å². The van der Waals surface area contributed by atoms with Crippen molar-refractivity contribution in [1.82, 2.24) is 5.12 Å². The Morgan fingerprint density at radius 3 is 2.50 bits per heavy atom. The molecule has 0 atom stereocenters. The zero-order valence-electron chi connectivity index (χ0n) is 10.1. The summed E-state index contributed by atoms with van der Waals surface area (Å²) < 4.78 is 13.1. The molecule has 0 unspecified atom stereocenters. The standard InChI is InChI=1S/C14H18FN/c1-6-12-9-13(10(2)3)7-8-14(12)11(4)16(5)15/h6-10H,1,4H2,2-3,5H3. The topological polar surface area (TPSA) is 3.24 Å². The van der Waals surface area contributed by atoms with Crippen LogP contribution < -0.4 is 0 Å². The van der Waals surface area contributed by atoms with E-state index in [1.54, 1.807) is 6.08 Å². The molecule has 0 aliphatic rings. The van der Waals surface area contributed by atoms with Gasteiger partial charge >= 0.3 is 0 Å². The van der Waals surface area contributed by atoms with Gasteiger partial charge in [-0.25, -0.2) is 5.12 Å². The lowest BCUT2D eigenvalue weighted by atomic mass is 9.96. The molecule has 0 saturated heterocycles. The quantitative estimate of drug-likeness (QED) is 0.685. The maximum Gasteiger partial charge on any atom is 0.0690 e. The third kappa shape index (κ3) is 2.51. The first-order chi connectivity index (χ1) is 7.47. The molecule has 0 aliphatic heterocycles. The van der Waals surface area contributed by atoms with Gasteiger partial charge in [0.15, 0.2) is 0 Å². The molecule has 86 valence electrons. The Bertz CT molecular complexity index is 405. The van der Waals surface area contributed by atoms with Crippen molar-refractivity contribution in [3.63, 3.8) is 0 Å². The van der Waals surface area contributed by atoms with E-state index in [0.29, 0.717) is 16.7 Å². The minimum atomic E-state index is 0.352. The molecular weight excluding hydrogens is 201 g/mol. The van der Waals surface area contributed by atoms with Gasteiger partial charge in [-0.3, -0.25) is 0 Å². The molecule has 2 heteroatoms. The number of halogens is 1. The molecule has 0 spiro atoms. The highest BCUT2D eigenvalue weighted by atomic mass is 19.2. The van der Waals surface area contributed by atoms with Crippen LogP contribution in [0.2, 0.25) is 0 Å². The second-order valence-corrected chi connectivity index (χ2v) is 4.13. The van der Waals surface area contributed by atoms with E-state index in [-0.39, 0.29) is 0 Å². The zero-order chi connectivity index (χ0) is 12.3. The number of rotatable bonds is 4. The zero-order valence-corrected chi connectivity index (χ0v) is 10.1. The normalized spacial score (nSPS) is 10.3. The van der Waals surface area contributed by atoms with E-state index >= 15 is 0 Å². The maximum atomic E-state index is 13.1. The SMILES string of the molecule is C=Cc1cc(C(C)C)ccc1C(=C)N(C)F. The fourth-order valence-electron chi connectivity index (χ4n) is 1.54. The highest BCUT2D eigenvalue weighted by molar-refractivity contribution is 5.71. The summed E-state index contributed by atoms with van der Waals surface area (Å²) in [5.74, 6) is 0.448. The average Bonchev–Trinajstić information content (AvgIpc) is 2.26. The van der Waals surface area contributed by atoms with Gasteiger partial charge in [-0.15, -0.1) is 4.48 Å². The summed E-state index contributed by atoms with van der Waals surface area (Å²) in [5.41, 5.74) is 3.27. The number of nitrogens with zero attached hydrogens (tertiary/aromatic N) is 1. The predicted octanol–water partition coefficient (Wildman–Crippen LogP) is 4.24. The van der Waals surface area contributed by atoms with Gasteiger partial charge < -0.3 is 0 Å². The molecule has 0 aromatic heterocycles. The maximum absolute atomic E-state index is 13.1. The molecule has 16 heavy (non-hydrogen) atoms. The molecule has 0 heterocycles. The minimum Gasteiger partial charge on any atom is -0.215 e. The van der Waals surface area contributed by atoms with E-state index in [0.717, 1.165) is 11.1 Å².